The number of carbonyl (C=O) groups is 1. The Labute approximate surface area is 123 Å². The molecule has 0 radical (unpaired) electrons. The molecule has 0 saturated heterocycles. The number of anilines is 1. The summed E-state index contributed by atoms with van der Waals surface area (Å²) in [6.07, 6.45) is 0.974. The van der Waals surface area contributed by atoms with Gasteiger partial charge in [0.25, 0.3) is 5.91 Å². The molecule has 0 aromatic heterocycles. The molecule has 1 N–H and O–H groups in total. The lowest BCUT2D eigenvalue weighted by Crippen LogP contribution is -2.12. The van der Waals surface area contributed by atoms with Crippen molar-refractivity contribution in [2.45, 2.75) is 18.2 Å². The van der Waals surface area contributed by atoms with Crippen molar-refractivity contribution in [3.8, 4) is 0 Å². The van der Waals surface area contributed by atoms with Crippen LogP contribution in [-0.4, -0.2) is 5.91 Å². The Hall–Kier alpha value is -1.45. The number of hydrogen-bond acceptors (Lipinski definition) is 2. The molecule has 0 unspecified atom stereocenters. The van der Waals surface area contributed by atoms with Gasteiger partial charge in [-0.3, -0.25) is 4.79 Å². The number of amides is 1. The Bertz CT molecular complexity index is 596. The molecule has 0 spiro atoms. The van der Waals surface area contributed by atoms with E-state index in [2.05, 4.69) is 24.9 Å². The summed E-state index contributed by atoms with van der Waals surface area (Å²) >= 11 is 10.2. The maximum atomic E-state index is 12.1. The van der Waals surface area contributed by atoms with Crippen LogP contribution in [0.2, 0.25) is 5.02 Å². The molecule has 0 aliphatic heterocycles. The van der Waals surface area contributed by atoms with Gasteiger partial charge in [0.15, 0.2) is 0 Å². The Kier molecular flexibility index (Phi) is 4.51. The zero-order valence-corrected chi connectivity index (χ0v) is 12.1. The molecule has 0 aliphatic rings. The summed E-state index contributed by atoms with van der Waals surface area (Å²) < 4.78 is 0. The molecule has 1 amide bonds. The zero-order valence-electron chi connectivity index (χ0n) is 10.5. The van der Waals surface area contributed by atoms with Gasteiger partial charge in [-0.25, -0.2) is 0 Å². The number of halogens is 1. The van der Waals surface area contributed by atoms with Crippen molar-refractivity contribution >= 4 is 35.8 Å². The molecule has 2 aromatic rings. The fraction of sp³-hybridized carbons (Fsp3) is 0.133. The zero-order chi connectivity index (χ0) is 13.8. The molecule has 2 rings (SSSR count). The van der Waals surface area contributed by atoms with Crippen molar-refractivity contribution in [1.29, 1.82) is 0 Å². The van der Waals surface area contributed by atoms with Crippen molar-refractivity contribution in [3.05, 3.63) is 58.6 Å². The van der Waals surface area contributed by atoms with Gasteiger partial charge in [-0.2, -0.15) is 0 Å². The van der Waals surface area contributed by atoms with Gasteiger partial charge in [0.05, 0.1) is 10.6 Å². The number of hydrogen-bond donors (Lipinski definition) is 2. The van der Waals surface area contributed by atoms with Gasteiger partial charge < -0.3 is 5.32 Å². The van der Waals surface area contributed by atoms with Crippen LogP contribution < -0.4 is 5.32 Å². The van der Waals surface area contributed by atoms with Crippen molar-refractivity contribution in [1.82, 2.24) is 0 Å². The first-order valence-corrected chi connectivity index (χ1v) is 6.81. The van der Waals surface area contributed by atoms with E-state index in [1.165, 1.54) is 5.56 Å². The number of carbonyl (C=O) groups excluding carboxylic acids is 1. The third-order valence-electron chi connectivity index (χ3n) is 2.81. The quantitative estimate of drug-likeness (QED) is 0.804. The third kappa shape index (κ3) is 3.52. The van der Waals surface area contributed by atoms with Gasteiger partial charge in [-0.1, -0.05) is 30.7 Å². The van der Waals surface area contributed by atoms with E-state index < -0.39 is 0 Å². The molecular formula is C15H14ClNOS. The van der Waals surface area contributed by atoms with Crippen LogP contribution in [0.5, 0.6) is 0 Å². The van der Waals surface area contributed by atoms with Crippen LogP contribution in [0.1, 0.15) is 22.8 Å². The molecule has 0 heterocycles. The van der Waals surface area contributed by atoms with Gasteiger partial charge in [0, 0.05) is 10.6 Å². The lowest BCUT2D eigenvalue weighted by Gasteiger charge is -2.08. The van der Waals surface area contributed by atoms with Crippen LogP contribution >= 0.6 is 24.2 Å². The standard InChI is InChI=1S/C15H14ClNOS/c1-2-10-3-5-11(6-4-10)17-15(18)13-9-12(19)7-8-14(13)16/h3-9,19H,2H2,1H3,(H,17,18). The van der Waals surface area contributed by atoms with Gasteiger partial charge in [0.2, 0.25) is 0 Å². The van der Waals surface area contributed by atoms with Crippen LogP contribution in [0.4, 0.5) is 5.69 Å². The second kappa shape index (κ2) is 6.13. The molecule has 0 fully saturated rings. The first-order chi connectivity index (χ1) is 9.10. The average Bonchev–Trinajstić information content (AvgIpc) is 2.42. The maximum Gasteiger partial charge on any atom is 0.257 e. The summed E-state index contributed by atoms with van der Waals surface area (Å²) in [6, 6.07) is 12.8. The van der Waals surface area contributed by atoms with Crippen LogP contribution in [0.25, 0.3) is 0 Å². The van der Waals surface area contributed by atoms with Crippen LogP contribution in [0.3, 0.4) is 0 Å². The van der Waals surface area contributed by atoms with Crippen molar-refractivity contribution in [2.75, 3.05) is 5.32 Å². The lowest BCUT2D eigenvalue weighted by atomic mass is 10.1. The van der Waals surface area contributed by atoms with Gasteiger partial charge in [0.1, 0.15) is 0 Å². The topological polar surface area (TPSA) is 29.1 Å². The van der Waals surface area contributed by atoms with Crippen molar-refractivity contribution in [3.63, 3.8) is 0 Å². The van der Waals surface area contributed by atoms with E-state index in [1.54, 1.807) is 18.2 Å². The molecule has 0 saturated carbocycles. The van der Waals surface area contributed by atoms with Gasteiger partial charge >= 0.3 is 0 Å². The maximum absolute atomic E-state index is 12.1. The molecule has 19 heavy (non-hydrogen) atoms. The SMILES string of the molecule is CCc1ccc(NC(=O)c2cc(S)ccc2Cl)cc1. The summed E-state index contributed by atoms with van der Waals surface area (Å²) in [5.41, 5.74) is 2.41. The molecule has 2 nitrogen and oxygen atoms in total. The minimum Gasteiger partial charge on any atom is -0.322 e. The summed E-state index contributed by atoms with van der Waals surface area (Å²) in [5, 5.41) is 3.24. The molecule has 0 atom stereocenters. The summed E-state index contributed by atoms with van der Waals surface area (Å²) in [7, 11) is 0. The summed E-state index contributed by atoms with van der Waals surface area (Å²) in [5.74, 6) is -0.231. The van der Waals surface area contributed by atoms with Gasteiger partial charge in [-0.05, 0) is 42.3 Å². The predicted octanol–water partition coefficient (Wildman–Crippen LogP) is 4.44. The highest BCUT2D eigenvalue weighted by Gasteiger charge is 2.10. The van der Waals surface area contributed by atoms with Crippen LogP contribution in [0.15, 0.2) is 47.4 Å². The minimum atomic E-state index is -0.231. The van der Waals surface area contributed by atoms with Crippen molar-refractivity contribution in [2.24, 2.45) is 0 Å². The molecular weight excluding hydrogens is 278 g/mol. The Balaban J connectivity index is 2.18. The average molecular weight is 292 g/mol. The van der Waals surface area contributed by atoms with E-state index in [0.29, 0.717) is 15.5 Å². The molecule has 2 aromatic carbocycles. The Morgan fingerprint density at radius 2 is 1.89 bits per heavy atom. The van der Waals surface area contributed by atoms with E-state index in [9.17, 15) is 4.79 Å². The first-order valence-electron chi connectivity index (χ1n) is 5.99. The first kappa shape index (κ1) is 14.0. The lowest BCUT2D eigenvalue weighted by molar-refractivity contribution is 0.102. The highest BCUT2D eigenvalue weighted by atomic mass is 35.5. The Morgan fingerprint density at radius 1 is 1.21 bits per heavy atom. The van der Waals surface area contributed by atoms with Crippen LogP contribution in [0, 0.1) is 0 Å². The highest BCUT2D eigenvalue weighted by Crippen LogP contribution is 2.21. The summed E-state index contributed by atoms with van der Waals surface area (Å²) in [6.45, 7) is 2.09. The number of rotatable bonds is 3. The van der Waals surface area contributed by atoms with Crippen molar-refractivity contribution < 1.29 is 4.79 Å². The second-order valence-corrected chi connectivity index (χ2v) is 5.09. The van der Waals surface area contributed by atoms with E-state index in [-0.39, 0.29) is 5.91 Å². The third-order valence-corrected chi connectivity index (χ3v) is 3.42. The normalized spacial score (nSPS) is 10.3. The van der Waals surface area contributed by atoms with E-state index >= 15 is 0 Å². The largest absolute Gasteiger partial charge is 0.322 e. The number of thiol groups is 1. The fourth-order valence-electron chi connectivity index (χ4n) is 1.71. The fourth-order valence-corrected chi connectivity index (χ4v) is 2.12. The highest BCUT2D eigenvalue weighted by molar-refractivity contribution is 7.80. The molecule has 4 heteroatoms. The Morgan fingerprint density at radius 3 is 2.53 bits per heavy atom. The van der Waals surface area contributed by atoms with Gasteiger partial charge in [-0.15, -0.1) is 12.6 Å². The second-order valence-electron chi connectivity index (χ2n) is 4.17. The number of aryl methyl sites for hydroxylation is 1. The smallest absolute Gasteiger partial charge is 0.257 e. The molecule has 0 bridgehead atoms. The molecule has 98 valence electrons. The molecule has 0 aliphatic carbocycles. The monoisotopic (exact) mass is 291 g/mol. The predicted molar refractivity (Wildman–Crippen MR) is 82.5 cm³/mol. The van der Waals surface area contributed by atoms with Crippen LogP contribution in [-0.2, 0) is 6.42 Å². The van der Waals surface area contributed by atoms with E-state index in [4.69, 9.17) is 11.6 Å². The van der Waals surface area contributed by atoms with E-state index in [0.717, 1.165) is 12.1 Å². The van der Waals surface area contributed by atoms with E-state index in [1.807, 2.05) is 24.3 Å². The number of benzene rings is 2. The number of nitrogens with one attached hydrogen (secondary N) is 1. The minimum absolute atomic E-state index is 0.231. The summed E-state index contributed by atoms with van der Waals surface area (Å²) in [4.78, 5) is 12.8.